The smallest absolute Gasteiger partial charge is 0.0756 e. The third-order valence-electron chi connectivity index (χ3n) is 2.67. The molecule has 0 bridgehead atoms. The summed E-state index contributed by atoms with van der Waals surface area (Å²) in [4.78, 5) is 4.58. The number of hydrogen-bond donors (Lipinski definition) is 0. The van der Waals surface area contributed by atoms with Crippen molar-refractivity contribution < 1.29 is 0 Å². The number of rotatable bonds is 1. The van der Waals surface area contributed by atoms with Gasteiger partial charge in [0.15, 0.2) is 0 Å². The lowest BCUT2D eigenvalue weighted by Crippen LogP contribution is -1.86. The van der Waals surface area contributed by atoms with E-state index in [1.165, 1.54) is 0 Å². The van der Waals surface area contributed by atoms with Crippen LogP contribution in [0.25, 0.3) is 22.2 Å². The molecule has 0 aliphatic carbocycles. The van der Waals surface area contributed by atoms with E-state index in [0.717, 1.165) is 27.2 Å². The Kier molecular flexibility index (Phi) is 2.34. The van der Waals surface area contributed by atoms with E-state index in [0.29, 0.717) is 0 Å². The molecule has 17 heavy (non-hydrogen) atoms. The zero-order valence-corrected chi connectivity index (χ0v) is 10.0. The normalized spacial score (nSPS) is 10.9. The molecule has 4 heteroatoms. The summed E-state index contributed by atoms with van der Waals surface area (Å²) in [7, 11) is 1.88. The van der Waals surface area contributed by atoms with Crippen molar-refractivity contribution in [1.29, 1.82) is 0 Å². The number of para-hydroxylation sites is 1. The van der Waals surface area contributed by atoms with Crippen molar-refractivity contribution in [2.45, 2.75) is 0 Å². The quantitative estimate of drug-likeness (QED) is 0.657. The zero-order valence-electron chi connectivity index (χ0n) is 9.26. The highest BCUT2D eigenvalue weighted by Crippen LogP contribution is 2.27. The van der Waals surface area contributed by atoms with E-state index in [1.54, 1.807) is 10.9 Å². The minimum Gasteiger partial charge on any atom is -0.275 e. The van der Waals surface area contributed by atoms with Crippen LogP contribution in [0.4, 0.5) is 0 Å². The maximum Gasteiger partial charge on any atom is 0.0756 e. The summed E-state index contributed by atoms with van der Waals surface area (Å²) in [6.07, 6.45) is 3.71. The van der Waals surface area contributed by atoms with Crippen molar-refractivity contribution in [3.8, 4) is 11.3 Å². The summed E-state index contributed by atoms with van der Waals surface area (Å²) in [5.74, 6) is 0. The molecule has 2 heterocycles. The fraction of sp³-hybridized carbons (Fsp3) is 0.0769. The first kappa shape index (κ1) is 10.3. The number of hydrogen-bond acceptors (Lipinski definition) is 2. The van der Waals surface area contributed by atoms with Gasteiger partial charge >= 0.3 is 0 Å². The lowest BCUT2D eigenvalue weighted by molar-refractivity contribution is 0.768. The molecule has 0 saturated carbocycles. The number of aromatic nitrogens is 3. The second-order valence-electron chi connectivity index (χ2n) is 3.91. The molecule has 3 aromatic rings. The Morgan fingerprint density at radius 3 is 2.82 bits per heavy atom. The van der Waals surface area contributed by atoms with E-state index in [9.17, 15) is 0 Å². The standard InChI is InChI=1S/C13H10ClN3/c1-17-8-9(7-15-17)13-6-11(14)10-4-2-3-5-12(10)16-13/h2-8H,1H3. The van der Waals surface area contributed by atoms with Crippen molar-refractivity contribution in [1.82, 2.24) is 14.8 Å². The van der Waals surface area contributed by atoms with Crippen molar-refractivity contribution in [2.75, 3.05) is 0 Å². The first-order valence-corrected chi connectivity index (χ1v) is 5.66. The summed E-state index contributed by atoms with van der Waals surface area (Å²) in [6.45, 7) is 0. The van der Waals surface area contributed by atoms with Crippen LogP contribution in [0.1, 0.15) is 0 Å². The van der Waals surface area contributed by atoms with E-state index in [1.807, 2.05) is 43.6 Å². The number of pyridine rings is 1. The third kappa shape index (κ3) is 1.78. The lowest BCUT2D eigenvalue weighted by Gasteiger charge is -2.03. The topological polar surface area (TPSA) is 30.7 Å². The summed E-state index contributed by atoms with van der Waals surface area (Å²) >= 11 is 6.25. The Labute approximate surface area is 104 Å². The maximum atomic E-state index is 6.25. The molecule has 3 nitrogen and oxygen atoms in total. The Bertz CT molecular complexity index is 688. The second-order valence-corrected chi connectivity index (χ2v) is 4.32. The summed E-state index contributed by atoms with van der Waals surface area (Å²) in [5, 5.41) is 5.83. The molecule has 0 amide bonds. The second kappa shape index (κ2) is 3.86. The van der Waals surface area contributed by atoms with Crippen LogP contribution in [-0.2, 0) is 7.05 Å². The van der Waals surface area contributed by atoms with Crippen LogP contribution in [0.5, 0.6) is 0 Å². The molecule has 0 N–H and O–H groups in total. The van der Waals surface area contributed by atoms with E-state index in [2.05, 4.69) is 10.1 Å². The molecule has 84 valence electrons. The van der Waals surface area contributed by atoms with Gasteiger partial charge in [0, 0.05) is 24.2 Å². The molecule has 0 radical (unpaired) electrons. The van der Waals surface area contributed by atoms with Gasteiger partial charge in [-0.2, -0.15) is 5.10 Å². The summed E-state index contributed by atoms with van der Waals surface area (Å²) < 4.78 is 1.75. The predicted octanol–water partition coefficient (Wildman–Crippen LogP) is 3.29. The van der Waals surface area contributed by atoms with Crippen LogP contribution in [0.2, 0.25) is 5.02 Å². The minimum atomic E-state index is 0.717. The number of benzene rings is 1. The fourth-order valence-corrected chi connectivity index (χ4v) is 2.10. The van der Waals surface area contributed by atoms with Gasteiger partial charge in [-0.25, -0.2) is 4.98 Å². The van der Waals surface area contributed by atoms with Gasteiger partial charge in [-0.3, -0.25) is 4.68 Å². The molecule has 0 saturated heterocycles. The van der Waals surface area contributed by atoms with E-state index in [-0.39, 0.29) is 0 Å². The van der Waals surface area contributed by atoms with Crippen molar-refractivity contribution >= 4 is 22.5 Å². The number of aryl methyl sites for hydroxylation is 1. The Morgan fingerprint density at radius 1 is 1.24 bits per heavy atom. The molecule has 3 rings (SSSR count). The molecule has 1 aromatic carbocycles. The van der Waals surface area contributed by atoms with Crippen LogP contribution in [0.3, 0.4) is 0 Å². The van der Waals surface area contributed by atoms with Gasteiger partial charge in [-0.1, -0.05) is 29.8 Å². The fourth-order valence-electron chi connectivity index (χ4n) is 1.83. The maximum absolute atomic E-state index is 6.25. The summed E-state index contributed by atoms with van der Waals surface area (Å²) in [6, 6.07) is 9.72. The number of fused-ring (bicyclic) bond motifs is 1. The van der Waals surface area contributed by atoms with Gasteiger partial charge in [0.25, 0.3) is 0 Å². The van der Waals surface area contributed by atoms with E-state index in [4.69, 9.17) is 11.6 Å². The lowest BCUT2D eigenvalue weighted by atomic mass is 10.1. The van der Waals surface area contributed by atoms with Gasteiger partial charge in [0.1, 0.15) is 0 Å². The van der Waals surface area contributed by atoms with Gasteiger partial charge < -0.3 is 0 Å². The van der Waals surface area contributed by atoms with Crippen molar-refractivity contribution in [3.05, 3.63) is 47.7 Å². The van der Waals surface area contributed by atoms with Gasteiger partial charge in [-0.05, 0) is 12.1 Å². The highest BCUT2D eigenvalue weighted by atomic mass is 35.5. The van der Waals surface area contributed by atoms with Gasteiger partial charge in [0.2, 0.25) is 0 Å². The largest absolute Gasteiger partial charge is 0.275 e. The van der Waals surface area contributed by atoms with Crippen LogP contribution < -0.4 is 0 Å². The predicted molar refractivity (Wildman–Crippen MR) is 69.0 cm³/mol. The van der Waals surface area contributed by atoms with Gasteiger partial charge in [-0.15, -0.1) is 0 Å². The minimum absolute atomic E-state index is 0.717. The van der Waals surface area contributed by atoms with Gasteiger partial charge in [0.05, 0.1) is 22.4 Å². The van der Waals surface area contributed by atoms with Crippen LogP contribution >= 0.6 is 11.6 Å². The highest BCUT2D eigenvalue weighted by Gasteiger charge is 2.06. The number of nitrogens with zero attached hydrogens (tertiary/aromatic N) is 3. The average Bonchev–Trinajstić information content (AvgIpc) is 2.76. The average molecular weight is 244 g/mol. The first-order valence-electron chi connectivity index (χ1n) is 5.28. The highest BCUT2D eigenvalue weighted by molar-refractivity contribution is 6.35. The Morgan fingerprint density at radius 2 is 2.06 bits per heavy atom. The third-order valence-corrected chi connectivity index (χ3v) is 2.98. The Hall–Kier alpha value is -1.87. The molecule has 0 aliphatic heterocycles. The zero-order chi connectivity index (χ0) is 11.8. The first-order chi connectivity index (χ1) is 8.24. The molecular formula is C13H10ClN3. The molecule has 0 spiro atoms. The van der Waals surface area contributed by atoms with Crippen LogP contribution in [0.15, 0.2) is 42.7 Å². The summed E-state index contributed by atoms with van der Waals surface area (Å²) in [5.41, 5.74) is 2.72. The molecular weight excluding hydrogens is 234 g/mol. The molecule has 2 aromatic heterocycles. The van der Waals surface area contributed by atoms with E-state index >= 15 is 0 Å². The van der Waals surface area contributed by atoms with Crippen molar-refractivity contribution in [2.24, 2.45) is 7.05 Å². The van der Waals surface area contributed by atoms with Crippen LogP contribution in [-0.4, -0.2) is 14.8 Å². The van der Waals surface area contributed by atoms with Crippen LogP contribution in [0, 0.1) is 0 Å². The molecule has 0 atom stereocenters. The van der Waals surface area contributed by atoms with E-state index < -0.39 is 0 Å². The monoisotopic (exact) mass is 243 g/mol. The molecule has 0 unspecified atom stereocenters. The molecule has 0 aliphatic rings. The Balaban J connectivity index is 2.25. The van der Waals surface area contributed by atoms with Crippen molar-refractivity contribution in [3.63, 3.8) is 0 Å². The molecule has 0 fully saturated rings. The number of halogens is 1. The SMILES string of the molecule is Cn1cc(-c2cc(Cl)c3ccccc3n2)cn1.